The summed E-state index contributed by atoms with van der Waals surface area (Å²) in [6, 6.07) is 20.0. The van der Waals surface area contributed by atoms with Gasteiger partial charge in [0.2, 0.25) is 41.4 Å². The fourth-order valence-electron chi connectivity index (χ4n) is 10.0. The second-order valence-electron chi connectivity index (χ2n) is 18.9. The van der Waals surface area contributed by atoms with Crippen LogP contribution in [0, 0.1) is 0 Å². The molecule has 7 rings (SSSR count). The topological polar surface area (TPSA) is 278 Å². The van der Waals surface area contributed by atoms with Crippen molar-refractivity contribution in [3.05, 3.63) is 106 Å². The van der Waals surface area contributed by atoms with Gasteiger partial charge in [-0.05, 0) is 74.1 Å². The predicted molar refractivity (Wildman–Crippen MR) is 264 cm³/mol. The molecule has 4 aromatic rings. The first kappa shape index (κ1) is 55.9. The number of carbonyl (C=O) groups is 8. The van der Waals surface area contributed by atoms with Gasteiger partial charge in [0, 0.05) is 45.4 Å². The van der Waals surface area contributed by atoms with Crippen molar-refractivity contribution in [1.29, 1.82) is 0 Å². The zero-order valence-electron chi connectivity index (χ0n) is 41.2. The predicted octanol–water partition coefficient (Wildman–Crippen LogP) is 3.80. The number of primary amides is 1. The van der Waals surface area contributed by atoms with E-state index in [1.165, 1.54) is 4.57 Å². The molecule has 3 aliphatic rings. The molecule has 3 aromatic carbocycles. The standard InChI is InChI=1S/C50H63N9O8.C2HF3O2/c1-56-45-34(20-14-21-38(45)59(50(56)67)40-26-28-42(61)54-48(40)65)19-8-4-2-3-5-13-22-43(62)57-30-29-35-23-25-39(58(35)49(66)36(51)31-57)47(64)53-37(24-27-41(52)60)46(63)55-44(32-15-9-6-10-16-32)33-17-11-7-12-18-33;3-2(4,5)1(6)7/h6-7,9-12,14-18,20-21,35-37,39-40,44H,2-5,8,13,19,22-31,51H2,1H3,(H2,52,60)(H,53,64)(H,55,63)(H,54,61,65);(H,6,7)/t35-,36+,37+,39+,40?;/m1./s1. The number of piperidine rings is 1. The molecule has 0 saturated carbocycles. The number of fused-ring (bicyclic) bond motifs is 2. The molecule has 19 nitrogen and oxygen atoms in total. The van der Waals surface area contributed by atoms with Crippen LogP contribution in [0.15, 0.2) is 83.7 Å². The smallest absolute Gasteiger partial charge is 0.475 e. The van der Waals surface area contributed by atoms with Gasteiger partial charge in [0.15, 0.2) is 0 Å². The summed E-state index contributed by atoms with van der Waals surface area (Å²) in [5.41, 5.74) is 15.8. The Morgan fingerprint density at radius 2 is 1.42 bits per heavy atom. The summed E-state index contributed by atoms with van der Waals surface area (Å²) in [5.74, 6) is -5.63. The third-order valence-corrected chi connectivity index (χ3v) is 13.8. The van der Waals surface area contributed by atoms with Gasteiger partial charge in [-0.15, -0.1) is 0 Å². The minimum Gasteiger partial charge on any atom is -0.475 e. The lowest BCUT2D eigenvalue weighted by Crippen LogP contribution is -2.60. The molecule has 0 aliphatic carbocycles. The third kappa shape index (κ3) is 14.2. The van der Waals surface area contributed by atoms with Gasteiger partial charge in [-0.25, -0.2) is 9.59 Å². The number of amides is 7. The number of aliphatic carboxylic acids is 1. The average Bonchev–Trinajstić information content (AvgIpc) is 3.90. The SMILES string of the molecule is Cn1c(=O)n(C2CCC(=O)NC2=O)c2cccc(CCCCCCCCC(=O)N3CC[C@H]4CC[C@@H](C(=O)N[C@@H](CCC(N)=O)C(=O)NC(c5ccccc5)c5ccccc5)N4C(=O)[C@@H](N)C3)c21.O=C(O)C(F)(F)F. The highest BCUT2D eigenvalue weighted by atomic mass is 19.4. The van der Waals surface area contributed by atoms with E-state index in [2.05, 4.69) is 16.0 Å². The van der Waals surface area contributed by atoms with Crippen molar-refractivity contribution >= 4 is 58.4 Å². The molecule has 3 aliphatic heterocycles. The first-order chi connectivity index (χ1) is 35.3. The van der Waals surface area contributed by atoms with Crippen LogP contribution >= 0.6 is 0 Å². The normalized spacial score (nSPS) is 19.4. The fraction of sp³-hybridized carbons (Fsp3) is 0.481. The molecule has 5 atom stereocenters. The van der Waals surface area contributed by atoms with Crippen LogP contribution in [-0.2, 0) is 51.8 Å². The number of nitrogens with one attached hydrogen (secondary N) is 3. The first-order valence-electron chi connectivity index (χ1n) is 24.9. The summed E-state index contributed by atoms with van der Waals surface area (Å²) in [6.07, 6.45) is 3.07. The molecular weight excluding hydrogens is 968 g/mol. The number of nitrogens with zero attached hydrogens (tertiary/aromatic N) is 4. The molecular formula is C52H64F3N9O10. The molecule has 22 heteroatoms. The van der Waals surface area contributed by atoms with Crippen molar-refractivity contribution in [2.45, 2.75) is 139 Å². The van der Waals surface area contributed by atoms with E-state index in [1.54, 1.807) is 21.4 Å². The highest BCUT2D eigenvalue weighted by Crippen LogP contribution is 2.31. The van der Waals surface area contributed by atoms with E-state index >= 15 is 0 Å². The molecule has 8 N–H and O–H groups in total. The number of para-hydroxylation sites is 1. The number of alkyl halides is 3. The number of hydrogen-bond acceptors (Lipinski definition) is 10. The molecule has 0 spiro atoms. The number of carbonyl (C=O) groups excluding carboxylic acids is 7. The molecule has 1 aromatic heterocycles. The first-order valence-corrected chi connectivity index (χ1v) is 24.9. The second kappa shape index (κ2) is 25.5. The van der Waals surface area contributed by atoms with Gasteiger partial charge in [-0.2, -0.15) is 13.2 Å². The number of unbranched alkanes of at least 4 members (excludes halogenated alkanes) is 5. The molecule has 3 fully saturated rings. The van der Waals surface area contributed by atoms with Crippen LogP contribution in [0.3, 0.4) is 0 Å². The monoisotopic (exact) mass is 1030 g/mol. The van der Waals surface area contributed by atoms with Crippen molar-refractivity contribution in [3.63, 3.8) is 0 Å². The molecule has 0 bridgehead atoms. The molecule has 74 heavy (non-hydrogen) atoms. The Morgan fingerprint density at radius 3 is 2.03 bits per heavy atom. The summed E-state index contributed by atoms with van der Waals surface area (Å²) >= 11 is 0. The maximum Gasteiger partial charge on any atom is 0.490 e. The van der Waals surface area contributed by atoms with Crippen LogP contribution in [0.5, 0.6) is 0 Å². The van der Waals surface area contributed by atoms with Crippen LogP contribution in [0.25, 0.3) is 11.0 Å². The minimum atomic E-state index is -5.08. The summed E-state index contributed by atoms with van der Waals surface area (Å²) < 4.78 is 34.8. The molecule has 7 amide bonds. The Hall–Kier alpha value is -7.36. The number of aryl methyl sites for hydroxylation is 2. The van der Waals surface area contributed by atoms with Gasteiger partial charge in [0.05, 0.1) is 17.1 Å². The van der Waals surface area contributed by atoms with Gasteiger partial charge in [0.1, 0.15) is 24.2 Å². The van der Waals surface area contributed by atoms with Crippen molar-refractivity contribution in [2.24, 2.45) is 18.5 Å². The van der Waals surface area contributed by atoms with Crippen molar-refractivity contribution in [1.82, 2.24) is 34.9 Å². The van der Waals surface area contributed by atoms with Crippen LogP contribution in [-0.4, -0.2) is 115 Å². The van der Waals surface area contributed by atoms with Crippen molar-refractivity contribution in [2.75, 3.05) is 13.1 Å². The van der Waals surface area contributed by atoms with Gasteiger partial charge in [-0.3, -0.25) is 48.0 Å². The highest BCUT2D eigenvalue weighted by molar-refractivity contribution is 6.00. The van der Waals surface area contributed by atoms with Crippen LogP contribution in [0.4, 0.5) is 13.2 Å². The number of benzene rings is 3. The number of imidazole rings is 1. The van der Waals surface area contributed by atoms with Gasteiger partial charge in [0.25, 0.3) is 0 Å². The Kier molecular flexibility index (Phi) is 19.3. The lowest BCUT2D eigenvalue weighted by molar-refractivity contribution is -0.192. The fourth-order valence-corrected chi connectivity index (χ4v) is 10.0. The molecule has 1 unspecified atom stereocenters. The van der Waals surface area contributed by atoms with Gasteiger partial charge >= 0.3 is 17.8 Å². The number of carboxylic acids is 1. The maximum absolute atomic E-state index is 14.0. The van der Waals surface area contributed by atoms with E-state index in [0.29, 0.717) is 44.2 Å². The Balaban J connectivity index is 0.00000119. The number of halogens is 3. The third-order valence-electron chi connectivity index (χ3n) is 13.8. The van der Waals surface area contributed by atoms with E-state index in [4.69, 9.17) is 21.4 Å². The quantitative estimate of drug-likeness (QED) is 0.0581. The maximum atomic E-state index is 14.0. The van der Waals surface area contributed by atoms with E-state index in [9.17, 15) is 51.5 Å². The number of nitrogens with two attached hydrogens (primary N) is 2. The molecule has 4 heterocycles. The number of imide groups is 1. The van der Waals surface area contributed by atoms with Crippen LogP contribution in [0.1, 0.15) is 119 Å². The Labute approximate surface area is 425 Å². The zero-order chi connectivity index (χ0) is 53.7. The van der Waals surface area contributed by atoms with Crippen molar-refractivity contribution < 1.29 is 56.6 Å². The van der Waals surface area contributed by atoms with E-state index < -0.39 is 71.9 Å². The number of hydrogen-bond donors (Lipinski definition) is 6. The van der Waals surface area contributed by atoms with Crippen LogP contribution in [0.2, 0.25) is 0 Å². The average molecular weight is 1030 g/mol. The van der Waals surface area contributed by atoms with E-state index in [0.717, 1.165) is 60.7 Å². The summed E-state index contributed by atoms with van der Waals surface area (Å²) in [6.45, 7) is 0.434. The summed E-state index contributed by atoms with van der Waals surface area (Å²) in [5, 5.41) is 15.4. The lowest BCUT2D eigenvalue weighted by atomic mass is 9.98. The molecule has 3 saturated heterocycles. The van der Waals surface area contributed by atoms with Gasteiger partial charge in [-0.1, -0.05) is 98.5 Å². The molecule has 398 valence electrons. The number of carboxylic acid groups (broad SMARTS) is 1. The summed E-state index contributed by atoms with van der Waals surface area (Å²) in [4.78, 5) is 117. The number of aromatic nitrogens is 2. The Morgan fingerprint density at radius 1 is 0.797 bits per heavy atom. The largest absolute Gasteiger partial charge is 0.490 e. The second-order valence-corrected chi connectivity index (χ2v) is 18.9. The Bertz CT molecular complexity index is 2690. The van der Waals surface area contributed by atoms with Gasteiger partial charge < -0.3 is 37.0 Å². The summed E-state index contributed by atoms with van der Waals surface area (Å²) in [7, 11) is 1.71. The van der Waals surface area contributed by atoms with E-state index in [-0.39, 0.29) is 55.8 Å². The highest BCUT2D eigenvalue weighted by Gasteiger charge is 2.45. The lowest BCUT2D eigenvalue weighted by Gasteiger charge is -2.37. The van der Waals surface area contributed by atoms with Crippen LogP contribution < -0.4 is 33.1 Å². The molecule has 0 radical (unpaired) electrons. The number of rotatable bonds is 19. The minimum absolute atomic E-state index is 0.0300. The van der Waals surface area contributed by atoms with Crippen molar-refractivity contribution in [3.8, 4) is 0 Å². The van der Waals surface area contributed by atoms with E-state index in [1.807, 2.05) is 78.9 Å². The zero-order valence-corrected chi connectivity index (χ0v) is 41.2.